The third-order valence-electron chi connectivity index (χ3n) is 9.91. The second kappa shape index (κ2) is 24.4. The molecule has 8 rings (SSSR count). The molecule has 0 aliphatic rings. The molecule has 0 radical (unpaired) electrons. The van der Waals surface area contributed by atoms with Gasteiger partial charge >= 0.3 is 51.4 Å². The first-order chi connectivity index (χ1) is 32.2. The van der Waals surface area contributed by atoms with Gasteiger partial charge in [0.2, 0.25) is 17.7 Å². The van der Waals surface area contributed by atoms with Crippen molar-refractivity contribution in [2.75, 3.05) is 10.6 Å². The summed E-state index contributed by atoms with van der Waals surface area (Å²) in [5.41, 5.74) is 9.48. The van der Waals surface area contributed by atoms with E-state index in [2.05, 4.69) is 75.5 Å². The maximum Gasteiger partial charge on any atom is 1.00 e. The monoisotopic (exact) mass is 986 g/mol. The van der Waals surface area contributed by atoms with Gasteiger partial charge in [0, 0.05) is 50.3 Å². The maximum absolute atomic E-state index is 15.2. The number of nitrogens with one attached hydrogen (secondary N) is 2. The Balaban J connectivity index is 0.000000255. The van der Waals surface area contributed by atoms with E-state index in [4.69, 9.17) is 10.3 Å². The number of aryl methyl sites for hydroxylation is 3. The maximum atomic E-state index is 15.2. The van der Waals surface area contributed by atoms with Crippen LogP contribution in [0.15, 0.2) is 70.8 Å². The van der Waals surface area contributed by atoms with Gasteiger partial charge < -0.3 is 35.7 Å². The standard InChI is InChI=1S/C23H25FN8O2.C15H16FN7.C7H9N2O2.K.H2O/c1-13-14(7-9-17(33)20-30-21(31-34-20)23(2,3)4)6-8-16(18(13)24)19-25-12-26-22(29-19)28-15-10-27-32(5)11-15;1-9-10(5-17)3-4-12(13(9)16)14-18-8-19-15(22-14)21-11-6-20-23(2)7-11;1-7(2,3)6-8-5(4-10)11-9-6;;/h6,8,10-12H,7,9H2,1-5H3,(H,25,26,28,29);3-4,6-8H,5,17H2,1-2H3,(H,18,19,21,22);1-3H3;;1H2/q;;-1;+1;/p-1. The summed E-state index contributed by atoms with van der Waals surface area (Å²) in [6.07, 6.45) is 11.5. The second-order valence-electron chi connectivity index (χ2n) is 17.3. The van der Waals surface area contributed by atoms with E-state index < -0.39 is 5.82 Å². The number of ketones is 1. The molecule has 22 nitrogen and oxygen atoms in total. The minimum Gasteiger partial charge on any atom is -0.870 e. The molecule has 0 bridgehead atoms. The van der Waals surface area contributed by atoms with Crippen LogP contribution in [0.4, 0.5) is 32.1 Å². The Labute approximate surface area is 443 Å². The van der Waals surface area contributed by atoms with Gasteiger partial charge in [-0.3, -0.25) is 14.2 Å². The van der Waals surface area contributed by atoms with Crippen molar-refractivity contribution in [3.8, 4) is 22.8 Å². The third kappa shape index (κ3) is 14.5. The van der Waals surface area contributed by atoms with Gasteiger partial charge in [0.05, 0.1) is 34.9 Å². The number of nitrogens with zero attached hydrogens (tertiary/aromatic N) is 14. The summed E-state index contributed by atoms with van der Waals surface area (Å²) in [5, 5.41) is 21.6. The smallest absolute Gasteiger partial charge is 0.870 e. The first-order valence-corrected chi connectivity index (χ1v) is 21.0. The van der Waals surface area contributed by atoms with Crippen molar-refractivity contribution in [3.05, 3.63) is 119 Å². The second-order valence-corrected chi connectivity index (χ2v) is 17.3. The average molecular weight is 987 g/mol. The summed E-state index contributed by atoms with van der Waals surface area (Å²) >= 11 is 0. The van der Waals surface area contributed by atoms with Gasteiger partial charge in [0.1, 0.15) is 30.2 Å². The quantitative estimate of drug-likeness (QED) is 0.0895. The predicted molar refractivity (Wildman–Crippen MR) is 246 cm³/mol. The van der Waals surface area contributed by atoms with E-state index in [0.717, 1.165) is 11.3 Å². The fourth-order valence-electron chi connectivity index (χ4n) is 6.06. The zero-order chi connectivity index (χ0) is 49.3. The number of aromatic nitrogens is 14. The number of hydrogen-bond acceptors (Lipinski definition) is 20. The van der Waals surface area contributed by atoms with Crippen LogP contribution >= 0.6 is 0 Å². The number of anilines is 4. The molecule has 8 aromatic rings. The van der Waals surface area contributed by atoms with Crippen molar-refractivity contribution in [1.29, 1.82) is 0 Å². The Morgan fingerprint density at radius 1 is 0.714 bits per heavy atom. The van der Waals surface area contributed by atoms with Crippen molar-refractivity contribution in [1.82, 2.24) is 69.7 Å². The number of carbonyl (C=O) groups excluding carboxylic acids is 2. The van der Waals surface area contributed by atoms with Crippen molar-refractivity contribution < 1.29 is 84.3 Å². The molecule has 70 heavy (non-hydrogen) atoms. The van der Waals surface area contributed by atoms with Crippen LogP contribution in [0.1, 0.15) is 98.4 Å². The van der Waals surface area contributed by atoms with Crippen LogP contribution < -0.4 is 67.8 Å². The van der Waals surface area contributed by atoms with Crippen molar-refractivity contribution in [2.45, 2.75) is 85.6 Å². The summed E-state index contributed by atoms with van der Waals surface area (Å²) in [4.78, 5) is 55.4. The summed E-state index contributed by atoms with van der Waals surface area (Å²) in [6, 6.07) is 6.79. The Kier molecular flexibility index (Phi) is 19.5. The Bertz CT molecular complexity index is 3030. The van der Waals surface area contributed by atoms with Gasteiger partial charge in [0.25, 0.3) is 5.89 Å². The summed E-state index contributed by atoms with van der Waals surface area (Å²) in [7, 11) is 3.60. The molecule has 0 amide bonds. The van der Waals surface area contributed by atoms with Crippen LogP contribution in [0.3, 0.4) is 0 Å². The number of nitrogens with two attached hydrogens (primary N) is 1. The number of halogens is 2. The van der Waals surface area contributed by atoms with Gasteiger partial charge in [-0.25, -0.2) is 33.7 Å². The van der Waals surface area contributed by atoms with E-state index >= 15 is 4.39 Å². The molecule has 6 aromatic heterocycles. The third-order valence-corrected chi connectivity index (χ3v) is 9.91. The van der Waals surface area contributed by atoms with Crippen LogP contribution in [0, 0.1) is 25.5 Å². The van der Waals surface area contributed by atoms with E-state index in [1.165, 1.54) is 18.9 Å². The normalized spacial score (nSPS) is 11.0. The summed E-state index contributed by atoms with van der Waals surface area (Å²) in [6.45, 7) is 15.3. The van der Waals surface area contributed by atoms with Crippen LogP contribution in [0.25, 0.3) is 22.8 Å². The molecule has 0 atom stereocenters. The molecule has 2 aromatic carbocycles. The summed E-state index contributed by atoms with van der Waals surface area (Å²) in [5.74, 6) is 0.835. The molecule has 0 saturated carbocycles. The first-order valence-electron chi connectivity index (χ1n) is 21.0. The fourth-order valence-corrected chi connectivity index (χ4v) is 6.06. The number of hydrogen-bond donors (Lipinski definition) is 3. The van der Waals surface area contributed by atoms with Gasteiger partial charge in [0.15, 0.2) is 23.3 Å². The average Bonchev–Trinajstić information content (AvgIpc) is 4.14. The Hall–Kier alpha value is -6.48. The van der Waals surface area contributed by atoms with E-state index in [-0.39, 0.29) is 127 Å². The largest absolute Gasteiger partial charge is 1.00 e. The van der Waals surface area contributed by atoms with Gasteiger partial charge in [-0.1, -0.05) is 64.0 Å². The minimum atomic E-state index is -0.448. The van der Waals surface area contributed by atoms with Crippen molar-refractivity contribution >= 4 is 35.3 Å². The van der Waals surface area contributed by atoms with Crippen molar-refractivity contribution in [3.63, 3.8) is 0 Å². The van der Waals surface area contributed by atoms with E-state index in [1.54, 1.807) is 86.4 Å². The molecule has 0 saturated heterocycles. The van der Waals surface area contributed by atoms with Crippen LogP contribution in [0.5, 0.6) is 0 Å². The molecular formula is C45H51F2KN17O5-. The van der Waals surface area contributed by atoms with Crippen LogP contribution in [-0.2, 0) is 42.7 Å². The number of rotatable bonds is 12. The van der Waals surface area contributed by atoms with E-state index in [1.807, 2.05) is 41.5 Å². The molecule has 25 heteroatoms. The van der Waals surface area contributed by atoms with Gasteiger partial charge in [-0.2, -0.15) is 31.4 Å². The zero-order valence-corrected chi connectivity index (χ0v) is 43.7. The molecule has 0 aliphatic heterocycles. The molecule has 0 aliphatic carbocycles. The molecular weight excluding hydrogens is 936 g/mol. The molecule has 6 heterocycles. The minimum absolute atomic E-state index is 0. The van der Waals surface area contributed by atoms with Crippen LogP contribution in [0.2, 0.25) is 0 Å². The summed E-state index contributed by atoms with van der Waals surface area (Å²) < 4.78 is 42.7. The van der Waals surface area contributed by atoms with Gasteiger partial charge in [-0.05, 0) is 54.7 Å². The Morgan fingerprint density at radius 2 is 1.19 bits per heavy atom. The van der Waals surface area contributed by atoms with E-state index in [9.17, 15) is 14.0 Å². The molecule has 362 valence electrons. The number of benzene rings is 2. The molecule has 5 N–H and O–H groups in total. The molecule has 0 spiro atoms. The predicted octanol–water partition coefficient (Wildman–Crippen LogP) is 3.53. The number of Topliss-reactive ketones (excluding diaryl/α,β-unsaturated/α-hetero) is 1. The molecule has 0 fully saturated rings. The number of carbonyl (C=O) groups is 1. The zero-order valence-electron chi connectivity index (χ0n) is 40.6. The van der Waals surface area contributed by atoms with Crippen LogP contribution in [-0.4, -0.2) is 87.3 Å². The molecule has 0 unspecified atom stereocenters. The first kappa shape index (κ1) is 56.1. The fraction of sp³-hybridized carbons (Fsp3) is 0.333. The SMILES string of the molecule is CC(C)(C)c1noc([C-]=O)n1.Cc1c(CCC(=O)c2nc(C(C)(C)C)no2)ccc(-c2ncnc(Nc3cnn(C)c3)n2)c1F.Cc1c(CN)ccc(-c2ncnc(Nc3cnn(C)c3)n2)c1F.[K+].[OH-]. The van der Waals surface area contributed by atoms with Gasteiger partial charge in [-0.15, -0.1) is 0 Å². The van der Waals surface area contributed by atoms with E-state index in [0.29, 0.717) is 52.0 Å². The Morgan fingerprint density at radius 3 is 1.60 bits per heavy atom. The van der Waals surface area contributed by atoms with Crippen molar-refractivity contribution in [2.24, 2.45) is 19.8 Å². The topological polar surface area (TPSA) is 305 Å².